The molecule has 0 heterocycles. The summed E-state index contributed by atoms with van der Waals surface area (Å²) in [5.74, 6) is 2.36. The van der Waals surface area contributed by atoms with Crippen molar-refractivity contribution >= 4 is 5.69 Å². The highest BCUT2D eigenvalue weighted by molar-refractivity contribution is 5.43. The fourth-order valence-electron chi connectivity index (χ4n) is 2.46. The molecule has 0 aromatic heterocycles. The Morgan fingerprint density at radius 1 is 0.958 bits per heavy atom. The summed E-state index contributed by atoms with van der Waals surface area (Å²) in [7, 11) is 5.39. The van der Waals surface area contributed by atoms with Gasteiger partial charge in [0.2, 0.25) is 0 Å². The minimum Gasteiger partial charge on any atom is -0.494 e. The SMILES string of the molecule is COc1ccc(CN(C)CCCOc2ccc(N)cc2)cc1OC. The van der Waals surface area contributed by atoms with Gasteiger partial charge >= 0.3 is 0 Å². The Morgan fingerprint density at radius 2 is 1.67 bits per heavy atom. The quantitative estimate of drug-likeness (QED) is 0.565. The lowest BCUT2D eigenvalue weighted by atomic mass is 10.2. The van der Waals surface area contributed by atoms with E-state index in [9.17, 15) is 0 Å². The van der Waals surface area contributed by atoms with E-state index in [4.69, 9.17) is 19.9 Å². The number of rotatable bonds is 9. The zero-order valence-corrected chi connectivity index (χ0v) is 14.6. The van der Waals surface area contributed by atoms with Crippen molar-refractivity contribution in [1.29, 1.82) is 0 Å². The molecule has 0 atom stereocenters. The summed E-state index contributed by atoms with van der Waals surface area (Å²) in [5.41, 5.74) is 7.59. The third kappa shape index (κ3) is 5.35. The monoisotopic (exact) mass is 330 g/mol. The number of hydrogen-bond donors (Lipinski definition) is 1. The van der Waals surface area contributed by atoms with E-state index in [1.807, 2.05) is 36.4 Å². The van der Waals surface area contributed by atoms with Crippen LogP contribution in [0.1, 0.15) is 12.0 Å². The van der Waals surface area contributed by atoms with Gasteiger partial charge in [-0.25, -0.2) is 0 Å². The fraction of sp³-hybridized carbons (Fsp3) is 0.368. The standard InChI is InChI=1S/C19H26N2O3/c1-21(11-4-12-24-17-8-6-16(20)7-9-17)14-15-5-10-18(22-2)19(13-15)23-3/h5-10,13H,4,11-12,14,20H2,1-3H3. The van der Waals surface area contributed by atoms with Crippen LogP contribution in [0.25, 0.3) is 0 Å². The van der Waals surface area contributed by atoms with Gasteiger partial charge in [0.1, 0.15) is 5.75 Å². The molecule has 2 aromatic carbocycles. The highest BCUT2D eigenvalue weighted by atomic mass is 16.5. The molecule has 0 spiro atoms. The summed E-state index contributed by atoms with van der Waals surface area (Å²) in [6.45, 7) is 2.48. The predicted octanol–water partition coefficient (Wildman–Crippen LogP) is 3.19. The van der Waals surface area contributed by atoms with Crippen LogP contribution in [0, 0.1) is 0 Å². The molecule has 24 heavy (non-hydrogen) atoms. The molecule has 5 nitrogen and oxygen atoms in total. The maximum absolute atomic E-state index is 5.71. The molecule has 0 aliphatic heterocycles. The first-order valence-corrected chi connectivity index (χ1v) is 8.00. The van der Waals surface area contributed by atoms with E-state index in [2.05, 4.69) is 18.0 Å². The second-order valence-corrected chi connectivity index (χ2v) is 5.70. The molecule has 0 unspecified atom stereocenters. The number of nitrogen functional groups attached to an aromatic ring is 1. The van der Waals surface area contributed by atoms with E-state index in [0.717, 1.165) is 42.4 Å². The van der Waals surface area contributed by atoms with Crippen LogP contribution >= 0.6 is 0 Å². The van der Waals surface area contributed by atoms with Crippen LogP contribution < -0.4 is 19.9 Å². The molecule has 0 amide bonds. The van der Waals surface area contributed by atoms with Gasteiger partial charge in [0.05, 0.1) is 20.8 Å². The van der Waals surface area contributed by atoms with Gasteiger partial charge < -0.3 is 24.8 Å². The first-order valence-electron chi connectivity index (χ1n) is 8.00. The highest BCUT2D eigenvalue weighted by Crippen LogP contribution is 2.27. The van der Waals surface area contributed by atoms with Crippen LogP contribution in [0.3, 0.4) is 0 Å². The van der Waals surface area contributed by atoms with Crippen molar-refractivity contribution in [2.75, 3.05) is 40.2 Å². The van der Waals surface area contributed by atoms with Gasteiger partial charge in [-0.15, -0.1) is 0 Å². The van der Waals surface area contributed by atoms with Crippen molar-refractivity contribution in [3.8, 4) is 17.2 Å². The lowest BCUT2D eigenvalue weighted by Gasteiger charge is -2.18. The third-order valence-electron chi connectivity index (χ3n) is 3.73. The van der Waals surface area contributed by atoms with E-state index in [1.54, 1.807) is 14.2 Å². The summed E-state index contributed by atoms with van der Waals surface area (Å²) < 4.78 is 16.3. The van der Waals surface area contributed by atoms with Crippen molar-refractivity contribution in [3.05, 3.63) is 48.0 Å². The molecule has 0 fully saturated rings. The largest absolute Gasteiger partial charge is 0.494 e. The molecule has 5 heteroatoms. The molecule has 2 rings (SSSR count). The van der Waals surface area contributed by atoms with Gasteiger partial charge in [0, 0.05) is 18.8 Å². The Labute approximate surface area is 143 Å². The Balaban J connectivity index is 1.74. The third-order valence-corrected chi connectivity index (χ3v) is 3.73. The zero-order chi connectivity index (χ0) is 17.4. The van der Waals surface area contributed by atoms with Crippen LogP contribution in [-0.4, -0.2) is 39.3 Å². The second kappa shape index (κ2) is 9.03. The topological polar surface area (TPSA) is 57.0 Å². The van der Waals surface area contributed by atoms with Crippen molar-refractivity contribution in [1.82, 2.24) is 4.90 Å². The Bertz CT molecular complexity index is 629. The molecule has 0 aliphatic rings. The molecular weight excluding hydrogens is 304 g/mol. The van der Waals surface area contributed by atoms with Gasteiger partial charge in [-0.2, -0.15) is 0 Å². The van der Waals surface area contributed by atoms with E-state index in [-0.39, 0.29) is 0 Å². The molecule has 0 bridgehead atoms. The number of benzene rings is 2. The normalized spacial score (nSPS) is 10.7. The zero-order valence-electron chi connectivity index (χ0n) is 14.6. The number of ether oxygens (including phenoxy) is 3. The molecule has 2 aromatic rings. The van der Waals surface area contributed by atoms with Crippen molar-refractivity contribution < 1.29 is 14.2 Å². The van der Waals surface area contributed by atoms with E-state index in [1.165, 1.54) is 5.56 Å². The molecular formula is C19H26N2O3. The minimum atomic E-state index is 0.681. The molecule has 2 N–H and O–H groups in total. The molecule has 130 valence electrons. The average molecular weight is 330 g/mol. The summed E-state index contributed by atoms with van der Waals surface area (Å²) >= 11 is 0. The van der Waals surface area contributed by atoms with Gasteiger partial charge in [-0.1, -0.05) is 6.07 Å². The van der Waals surface area contributed by atoms with Gasteiger partial charge in [0.25, 0.3) is 0 Å². The van der Waals surface area contributed by atoms with Gasteiger partial charge in [-0.3, -0.25) is 0 Å². The highest BCUT2D eigenvalue weighted by Gasteiger charge is 2.06. The number of hydrogen-bond acceptors (Lipinski definition) is 5. The van der Waals surface area contributed by atoms with Crippen molar-refractivity contribution in [2.45, 2.75) is 13.0 Å². The summed E-state index contributed by atoms with van der Waals surface area (Å²) in [6, 6.07) is 13.5. The van der Waals surface area contributed by atoms with E-state index >= 15 is 0 Å². The van der Waals surface area contributed by atoms with Crippen LogP contribution in [0.5, 0.6) is 17.2 Å². The lowest BCUT2D eigenvalue weighted by molar-refractivity contribution is 0.258. The summed E-state index contributed by atoms with van der Waals surface area (Å²) in [5, 5.41) is 0. The van der Waals surface area contributed by atoms with Gasteiger partial charge in [-0.05, 0) is 55.4 Å². The smallest absolute Gasteiger partial charge is 0.161 e. The molecule has 0 radical (unpaired) electrons. The maximum atomic E-state index is 5.71. The Morgan fingerprint density at radius 3 is 2.33 bits per heavy atom. The first kappa shape index (κ1) is 17.9. The predicted molar refractivity (Wildman–Crippen MR) is 96.8 cm³/mol. The van der Waals surface area contributed by atoms with Crippen molar-refractivity contribution in [2.24, 2.45) is 0 Å². The minimum absolute atomic E-state index is 0.681. The van der Waals surface area contributed by atoms with Crippen LogP contribution in [0.4, 0.5) is 5.69 Å². The fourth-order valence-corrected chi connectivity index (χ4v) is 2.46. The van der Waals surface area contributed by atoms with Crippen LogP contribution in [-0.2, 0) is 6.54 Å². The summed E-state index contributed by atoms with van der Waals surface area (Å²) in [4.78, 5) is 2.26. The van der Waals surface area contributed by atoms with E-state index in [0.29, 0.717) is 6.61 Å². The second-order valence-electron chi connectivity index (χ2n) is 5.70. The average Bonchev–Trinajstić information content (AvgIpc) is 2.60. The summed E-state index contributed by atoms with van der Waals surface area (Å²) in [6.07, 6.45) is 0.953. The number of nitrogens with zero attached hydrogens (tertiary/aromatic N) is 1. The maximum Gasteiger partial charge on any atom is 0.161 e. The molecule has 0 aliphatic carbocycles. The number of anilines is 1. The van der Waals surface area contributed by atoms with Crippen LogP contribution in [0.15, 0.2) is 42.5 Å². The number of nitrogens with two attached hydrogens (primary N) is 1. The van der Waals surface area contributed by atoms with Crippen molar-refractivity contribution in [3.63, 3.8) is 0 Å². The molecule has 0 saturated carbocycles. The first-order chi connectivity index (χ1) is 11.6. The number of methoxy groups -OCH3 is 2. The van der Waals surface area contributed by atoms with Gasteiger partial charge in [0.15, 0.2) is 11.5 Å². The van der Waals surface area contributed by atoms with Crippen LogP contribution in [0.2, 0.25) is 0 Å². The Kier molecular flexibility index (Phi) is 6.75. The Hall–Kier alpha value is -2.40. The molecule has 0 saturated heterocycles. The van der Waals surface area contributed by atoms with E-state index < -0.39 is 0 Å². The lowest BCUT2D eigenvalue weighted by Crippen LogP contribution is -2.20.